The van der Waals surface area contributed by atoms with E-state index in [1.165, 1.54) is 34.0 Å². The predicted octanol–water partition coefficient (Wildman–Crippen LogP) is 5.61. The van der Waals surface area contributed by atoms with E-state index in [2.05, 4.69) is 53.4 Å². The van der Waals surface area contributed by atoms with Crippen molar-refractivity contribution in [2.75, 3.05) is 24.7 Å². The van der Waals surface area contributed by atoms with E-state index in [1.54, 1.807) is 0 Å². The minimum Gasteiger partial charge on any atom is -0.353 e. The van der Waals surface area contributed by atoms with Gasteiger partial charge in [0.25, 0.3) is 0 Å². The van der Waals surface area contributed by atoms with Gasteiger partial charge in [-0.25, -0.2) is 0 Å². The molecule has 1 unspecified atom stereocenters. The zero-order valence-corrected chi connectivity index (χ0v) is 15.3. The second kappa shape index (κ2) is 8.26. The van der Waals surface area contributed by atoms with E-state index in [-0.39, 0.29) is 6.29 Å². The molecule has 0 N–H and O–H groups in total. The molecular weight excluding hydrogens is 330 g/mol. The third-order valence-electron chi connectivity index (χ3n) is 4.75. The molecule has 2 aliphatic heterocycles. The minimum absolute atomic E-state index is 0.0292. The molecule has 2 heterocycles. The van der Waals surface area contributed by atoms with Crippen LogP contribution in [0.2, 0.25) is 0 Å². The first-order valence-corrected chi connectivity index (χ1v) is 10.1. The SMILES string of the molecule is c1ccc2c(c1)Sc1ccccc1N2CCCCOC1CCCCO1. The van der Waals surface area contributed by atoms with Gasteiger partial charge in [-0.1, -0.05) is 36.0 Å². The number of hydrogen-bond donors (Lipinski definition) is 0. The summed E-state index contributed by atoms with van der Waals surface area (Å²) in [5, 5.41) is 0. The van der Waals surface area contributed by atoms with Gasteiger partial charge in [0.1, 0.15) is 0 Å². The van der Waals surface area contributed by atoms with Crippen LogP contribution in [-0.2, 0) is 9.47 Å². The monoisotopic (exact) mass is 355 g/mol. The smallest absolute Gasteiger partial charge is 0.157 e. The lowest BCUT2D eigenvalue weighted by atomic mass is 10.2. The maximum absolute atomic E-state index is 5.87. The quantitative estimate of drug-likeness (QED) is 0.628. The lowest BCUT2D eigenvalue weighted by Crippen LogP contribution is -2.24. The number of para-hydroxylation sites is 2. The molecule has 1 fully saturated rings. The van der Waals surface area contributed by atoms with E-state index in [0.717, 1.165) is 39.0 Å². The molecule has 3 nitrogen and oxygen atoms in total. The highest BCUT2D eigenvalue weighted by Gasteiger charge is 2.22. The summed E-state index contributed by atoms with van der Waals surface area (Å²) in [5.41, 5.74) is 2.64. The van der Waals surface area contributed by atoms with Crippen LogP contribution in [0.4, 0.5) is 11.4 Å². The summed E-state index contributed by atoms with van der Waals surface area (Å²) < 4.78 is 11.5. The van der Waals surface area contributed by atoms with E-state index >= 15 is 0 Å². The minimum atomic E-state index is 0.0292. The van der Waals surface area contributed by atoms with Gasteiger partial charge in [0, 0.05) is 29.5 Å². The Morgan fingerprint density at radius 2 is 1.68 bits per heavy atom. The van der Waals surface area contributed by atoms with Crippen LogP contribution in [0, 0.1) is 0 Å². The van der Waals surface area contributed by atoms with Crippen LogP contribution in [0.3, 0.4) is 0 Å². The van der Waals surface area contributed by atoms with Crippen LogP contribution in [-0.4, -0.2) is 26.0 Å². The number of unbranched alkanes of at least 4 members (excludes halogenated alkanes) is 1. The highest BCUT2D eigenvalue weighted by Crippen LogP contribution is 2.47. The van der Waals surface area contributed by atoms with E-state index in [0.29, 0.717) is 0 Å². The molecule has 132 valence electrons. The molecule has 0 radical (unpaired) electrons. The maximum Gasteiger partial charge on any atom is 0.157 e. The van der Waals surface area contributed by atoms with Crippen LogP contribution < -0.4 is 4.90 Å². The molecule has 0 spiro atoms. The summed E-state index contributed by atoms with van der Waals surface area (Å²) in [7, 11) is 0. The molecule has 2 aliphatic rings. The van der Waals surface area contributed by atoms with Crippen LogP contribution >= 0.6 is 11.8 Å². The molecule has 0 aliphatic carbocycles. The van der Waals surface area contributed by atoms with Crippen molar-refractivity contribution < 1.29 is 9.47 Å². The Morgan fingerprint density at radius 1 is 0.960 bits per heavy atom. The second-order valence-corrected chi connectivity index (χ2v) is 7.65. The number of rotatable bonds is 6. The van der Waals surface area contributed by atoms with Gasteiger partial charge in [-0.15, -0.1) is 0 Å². The topological polar surface area (TPSA) is 21.7 Å². The lowest BCUT2D eigenvalue weighted by molar-refractivity contribution is -0.162. The third-order valence-corrected chi connectivity index (χ3v) is 5.88. The summed E-state index contributed by atoms with van der Waals surface area (Å²) in [5.74, 6) is 0. The zero-order valence-electron chi connectivity index (χ0n) is 14.5. The van der Waals surface area contributed by atoms with Crippen LogP contribution in [0.1, 0.15) is 32.1 Å². The first-order valence-electron chi connectivity index (χ1n) is 9.28. The third kappa shape index (κ3) is 4.02. The van der Waals surface area contributed by atoms with Crippen LogP contribution in [0.5, 0.6) is 0 Å². The first-order chi connectivity index (χ1) is 12.4. The molecule has 1 atom stereocenters. The van der Waals surface area contributed by atoms with E-state index in [1.807, 2.05) is 11.8 Å². The average molecular weight is 356 g/mol. The Labute approximate surface area is 154 Å². The highest BCUT2D eigenvalue weighted by atomic mass is 32.2. The Hall–Kier alpha value is -1.49. The number of anilines is 2. The van der Waals surface area contributed by atoms with Gasteiger partial charge in [-0.05, 0) is 56.4 Å². The molecule has 0 saturated carbocycles. The van der Waals surface area contributed by atoms with E-state index in [9.17, 15) is 0 Å². The lowest BCUT2D eigenvalue weighted by Gasteiger charge is -2.32. The number of fused-ring (bicyclic) bond motifs is 2. The van der Waals surface area contributed by atoms with E-state index < -0.39 is 0 Å². The fourth-order valence-corrected chi connectivity index (χ4v) is 4.55. The summed E-state index contributed by atoms with van der Waals surface area (Å²) in [6.45, 7) is 2.66. The Morgan fingerprint density at radius 3 is 2.36 bits per heavy atom. The van der Waals surface area contributed by atoms with E-state index in [4.69, 9.17) is 9.47 Å². The highest BCUT2D eigenvalue weighted by molar-refractivity contribution is 7.99. The standard InChI is InChI=1S/C21H25NO2S/c1-3-11-19-17(9-1)22(18-10-2-4-12-20(18)25-19)14-6-8-16-24-21-13-5-7-15-23-21/h1-4,9-12,21H,5-8,13-16H2. The van der Waals surface area contributed by atoms with Crippen molar-refractivity contribution in [1.82, 2.24) is 0 Å². The number of ether oxygens (including phenoxy) is 2. The summed E-state index contributed by atoms with van der Waals surface area (Å²) >= 11 is 1.87. The van der Waals surface area contributed by atoms with Crippen LogP contribution in [0.15, 0.2) is 58.3 Å². The number of nitrogens with zero attached hydrogens (tertiary/aromatic N) is 1. The van der Waals surface area contributed by atoms with Gasteiger partial charge in [0.15, 0.2) is 6.29 Å². The Kier molecular flexibility index (Phi) is 5.60. The van der Waals surface area contributed by atoms with Gasteiger partial charge >= 0.3 is 0 Å². The van der Waals surface area contributed by atoms with Crippen molar-refractivity contribution in [3.05, 3.63) is 48.5 Å². The predicted molar refractivity (Wildman–Crippen MR) is 103 cm³/mol. The molecule has 1 saturated heterocycles. The van der Waals surface area contributed by atoms with Crippen molar-refractivity contribution in [3.8, 4) is 0 Å². The van der Waals surface area contributed by atoms with Crippen LogP contribution in [0.25, 0.3) is 0 Å². The first kappa shape index (κ1) is 17.0. The van der Waals surface area contributed by atoms with Gasteiger partial charge in [0.05, 0.1) is 11.4 Å². The Bertz CT molecular complexity index is 654. The molecular formula is C21H25NO2S. The molecule has 4 heteroatoms. The van der Waals surface area contributed by atoms with Gasteiger partial charge in [-0.3, -0.25) is 0 Å². The molecule has 25 heavy (non-hydrogen) atoms. The molecule has 0 aromatic heterocycles. The van der Waals surface area contributed by atoms with Crippen molar-refractivity contribution in [2.45, 2.75) is 48.2 Å². The summed E-state index contributed by atoms with van der Waals surface area (Å²) in [6, 6.07) is 17.4. The molecule has 4 rings (SSSR count). The van der Waals surface area contributed by atoms with Gasteiger partial charge < -0.3 is 14.4 Å². The molecule has 0 amide bonds. The normalized spacial score (nSPS) is 19.4. The van der Waals surface area contributed by atoms with Crippen molar-refractivity contribution >= 4 is 23.1 Å². The van der Waals surface area contributed by atoms with Crippen molar-refractivity contribution in [1.29, 1.82) is 0 Å². The fourth-order valence-electron chi connectivity index (χ4n) is 3.45. The summed E-state index contributed by atoms with van der Waals surface area (Å²) in [4.78, 5) is 5.14. The Balaban J connectivity index is 1.35. The zero-order chi connectivity index (χ0) is 16.9. The second-order valence-electron chi connectivity index (χ2n) is 6.56. The largest absolute Gasteiger partial charge is 0.353 e. The average Bonchev–Trinajstić information content (AvgIpc) is 2.68. The fraction of sp³-hybridized carbons (Fsp3) is 0.429. The molecule has 2 aromatic carbocycles. The molecule has 2 aromatic rings. The maximum atomic E-state index is 5.87. The van der Waals surface area contributed by atoms with Gasteiger partial charge in [0.2, 0.25) is 0 Å². The van der Waals surface area contributed by atoms with Gasteiger partial charge in [-0.2, -0.15) is 0 Å². The van der Waals surface area contributed by atoms with Crippen molar-refractivity contribution in [3.63, 3.8) is 0 Å². The van der Waals surface area contributed by atoms with Crippen molar-refractivity contribution in [2.24, 2.45) is 0 Å². The number of hydrogen-bond acceptors (Lipinski definition) is 4. The molecule has 0 bridgehead atoms. The number of benzene rings is 2. The summed E-state index contributed by atoms with van der Waals surface area (Å²) in [6.07, 6.45) is 5.65.